The highest BCUT2D eigenvalue weighted by Gasteiger charge is 2.15. The minimum atomic E-state index is -0.342. The molecular weight excluding hydrogens is 492 g/mol. The van der Waals surface area contributed by atoms with E-state index in [9.17, 15) is 9.59 Å². The molecule has 0 aliphatic heterocycles. The van der Waals surface area contributed by atoms with Gasteiger partial charge in [-0.05, 0) is 72.9 Å². The first kappa shape index (κ1) is 27.0. The molecule has 0 spiro atoms. The molecule has 0 aliphatic carbocycles. The number of anilines is 1. The van der Waals surface area contributed by atoms with Crippen molar-refractivity contribution in [2.75, 3.05) is 18.0 Å². The minimum absolute atomic E-state index is 0.0940. The third kappa shape index (κ3) is 8.53. The molecule has 6 heteroatoms. The fraction of sp³-hybridized carbons (Fsp3) is 0.188. The summed E-state index contributed by atoms with van der Waals surface area (Å²) in [4.78, 5) is 28.3. The number of hydrogen-bond donors (Lipinski definition) is 1. The summed E-state index contributed by atoms with van der Waals surface area (Å²) < 4.78 is 5.20. The highest BCUT2D eigenvalue weighted by molar-refractivity contribution is 7.99. The van der Waals surface area contributed by atoms with Gasteiger partial charge in [0.25, 0.3) is 0 Å². The van der Waals surface area contributed by atoms with Gasteiger partial charge in [-0.15, -0.1) is 0 Å². The van der Waals surface area contributed by atoms with E-state index in [0.717, 1.165) is 34.7 Å². The van der Waals surface area contributed by atoms with Gasteiger partial charge in [0.1, 0.15) is 5.75 Å². The Morgan fingerprint density at radius 3 is 2.08 bits per heavy atom. The monoisotopic (exact) mass is 524 g/mol. The van der Waals surface area contributed by atoms with Gasteiger partial charge in [0.05, 0.1) is 0 Å². The number of benzene rings is 4. The van der Waals surface area contributed by atoms with Gasteiger partial charge in [0.2, 0.25) is 0 Å². The van der Waals surface area contributed by atoms with Crippen LogP contribution in [0.5, 0.6) is 5.75 Å². The van der Waals surface area contributed by atoms with E-state index >= 15 is 0 Å². The average Bonchev–Trinajstić information content (AvgIpc) is 2.93. The van der Waals surface area contributed by atoms with E-state index in [0.29, 0.717) is 18.8 Å². The molecular formula is C32H32N2O3S. The summed E-state index contributed by atoms with van der Waals surface area (Å²) in [7, 11) is 0. The van der Waals surface area contributed by atoms with Gasteiger partial charge in [-0.3, -0.25) is 9.69 Å². The molecule has 0 heterocycles. The Kier molecular flexibility index (Phi) is 9.99. The van der Waals surface area contributed by atoms with E-state index in [-0.39, 0.29) is 12.0 Å². The molecule has 0 aromatic heterocycles. The number of carbonyl (C=O) groups excluding carboxylic acids is 2. The lowest BCUT2D eigenvalue weighted by Gasteiger charge is -2.24. The number of rotatable bonds is 11. The number of esters is 1. The lowest BCUT2D eigenvalue weighted by Crippen LogP contribution is -2.41. The zero-order chi connectivity index (χ0) is 26.6. The second-order valence-electron chi connectivity index (χ2n) is 8.87. The smallest absolute Gasteiger partial charge is 0.321 e. The lowest BCUT2D eigenvalue weighted by molar-refractivity contribution is -0.131. The molecule has 194 valence electrons. The largest absolute Gasteiger partial charge is 0.427 e. The third-order valence-corrected chi connectivity index (χ3v) is 6.92. The SMILES string of the molecule is CC(=O)Oc1cccc(Sc2ccc(N(CCCc3ccccc3)C(=O)NCCc3ccccc3)cc2)c1. The van der Waals surface area contributed by atoms with Crippen LogP contribution in [0.2, 0.25) is 0 Å². The molecule has 4 rings (SSSR count). The van der Waals surface area contributed by atoms with E-state index in [2.05, 4.69) is 29.6 Å². The summed E-state index contributed by atoms with van der Waals surface area (Å²) in [6.45, 7) is 2.58. The Hall–Kier alpha value is -4.03. The maximum absolute atomic E-state index is 13.2. The van der Waals surface area contributed by atoms with Crippen molar-refractivity contribution in [3.8, 4) is 5.75 Å². The molecule has 0 saturated carbocycles. The predicted octanol–water partition coefficient (Wildman–Crippen LogP) is 7.15. The van der Waals surface area contributed by atoms with Crippen molar-refractivity contribution in [1.29, 1.82) is 0 Å². The molecule has 38 heavy (non-hydrogen) atoms. The maximum atomic E-state index is 13.2. The van der Waals surface area contributed by atoms with Crippen LogP contribution >= 0.6 is 11.8 Å². The molecule has 1 N–H and O–H groups in total. The zero-order valence-corrected chi connectivity index (χ0v) is 22.3. The molecule has 0 unspecified atom stereocenters. The van der Waals surface area contributed by atoms with Gasteiger partial charge in [-0.2, -0.15) is 0 Å². The Morgan fingerprint density at radius 2 is 1.42 bits per heavy atom. The average molecular weight is 525 g/mol. The number of ether oxygens (including phenoxy) is 1. The molecule has 4 aromatic rings. The second kappa shape index (κ2) is 14.1. The Labute approximate surface area is 228 Å². The van der Waals surface area contributed by atoms with E-state index in [4.69, 9.17) is 4.74 Å². The standard InChI is InChI=1S/C32H32N2O3S/c1-25(35)37-29-15-8-16-31(24-29)38-30-19-17-28(18-20-30)34(23-9-14-26-10-4-2-5-11-26)32(36)33-22-21-27-12-6-3-7-13-27/h2-8,10-13,15-20,24H,9,14,21-23H2,1H3,(H,33,36). The molecule has 5 nitrogen and oxygen atoms in total. The van der Waals surface area contributed by atoms with Crippen LogP contribution in [-0.4, -0.2) is 25.1 Å². The first-order chi connectivity index (χ1) is 18.6. The first-order valence-electron chi connectivity index (χ1n) is 12.8. The number of amides is 2. The molecule has 2 amide bonds. The quantitative estimate of drug-likeness (QED) is 0.167. The highest BCUT2D eigenvalue weighted by Crippen LogP contribution is 2.31. The van der Waals surface area contributed by atoms with Gasteiger partial charge in [-0.1, -0.05) is 78.5 Å². The number of nitrogens with zero attached hydrogens (tertiary/aromatic N) is 1. The van der Waals surface area contributed by atoms with Crippen molar-refractivity contribution >= 4 is 29.4 Å². The highest BCUT2D eigenvalue weighted by atomic mass is 32.2. The Balaban J connectivity index is 1.41. The summed E-state index contributed by atoms with van der Waals surface area (Å²) in [6, 6.07) is 35.8. The lowest BCUT2D eigenvalue weighted by atomic mass is 10.1. The predicted molar refractivity (Wildman–Crippen MR) is 154 cm³/mol. The van der Waals surface area contributed by atoms with Gasteiger partial charge < -0.3 is 10.1 Å². The fourth-order valence-corrected chi connectivity index (χ4v) is 4.95. The number of aryl methyl sites for hydroxylation is 1. The molecule has 0 aliphatic rings. The van der Waals surface area contributed by atoms with Crippen LogP contribution < -0.4 is 15.0 Å². The van der Waals surface area contributed by atoms with Crippen LogP contribution in [0.3, 0.4) is 0 Å². The maximum Gasteiger partial charge on any atom is 0.321 e. The van der Waals surface area contributed by atoms with Crippen molar-refractivity contribution in [3.05, 3.63) is 120 Å². The number of urea groups is 1. The van der Waals surface area contributed by atoms with Crippen LogP contribution in [0.25, 0.3) is 0 Å². The molecule has 4 aromatic carbocycles. The van der Waals surface area contributed by atoms with E-state index in [1.165, 1.54) is 18.1 Å². The van der Waals surface area contributed by atoms with Crippen molar-refractivity contribution in [2.45, 2.75) is 36.0 Å². The van der Waals surface area contributed by atoms with Gasteiger partial charge in [0.15, 0.2) is 0 Å². The second-order valence-corrected chi connectivity index (χ2v) is 10.0. The minimum Gasteiger partial charge on any atom is -0.427 e. The van der Waals surface area contributed by atoms with Crippen molar-refractivity contribution in [3.63, 3.8) is 0 Å². The topological polar surface area (TPSA) is 58.6 Å². The summed E-state index contributed by atoms with van der Waals surface area (Å²) in [5, 5.41) is 3.09. The van der Waals surface area contributed by atoms with Crippen LogP contribution in [0.1, 0.15) is 24.5 Å². The normalized spacial score (nSPS) is 10.6. The van der Waals surface area contributed by atoms with Crippen LogP contribution in [-0.2, 0) is 17.6 Å². The molecule has 0 radical (unpaired) electrons. The number of carbonyl (C=O) groups is 2. The number of hydrogen-bond acceptors (Lipinski definition) is 4. The van der Waals surface area contributed by atoms with Crippen LogP contribution in [0.4, 0.5) is 10.5 Å². The summed E-state index contributed by atoms with van der Waals surface area (Å²) in [5.74, 6) is 0.182. The molecule has 0 atom stereocenters. The first-order valence-corrected chi connectivity index (χ1v) is 13.6. The van der Waals surface area contributed by atoms with Gasteiger partial charge in [0, 0.05) is 35.5 Å². The zero-order valence-electron chi connectivity index (χ0n) is 21.5. The summed E-state index contributed by atoms with van der Waals surface area (Å²) >= 11 is 1.57. The molecule has 0 bridgehead atoms. The van der Waals surface area contributed by atoms with Crippen molar-refractivity contribution in [2.24, 2.45) is 0 Å². The van der Waals surface area contributed by atoms with E-state index < -0.39 is 0 Å². The van der Waals surface area contributed by atoms with Gasteiger partial charge in [-0.25, -0.2) is 4.79 Å². The Morgan fingerprint density at radius 1 is 0.763 bits per heavy atom. The van der Waals surface area contributed by atoms with E-state index in [1.54, 1.807) is 17.8 Å². The Bertz CT molecular complexity index is 1310. The van der Waals surface area contributed by atoms with Crippen molar-refractivity contribution < 1.29 is 14.3 Å². The van der Waals surface area contributed by atoms with Crippen LogP contribution in [0.15, 0.2) is 119 Å². The van der Waals surface area contributed by atoms with E-state index in [1.807, 2.05) is 83.8 Å². The number of nitrogens with one attached hydrogen (secondary N) is 1. The fourth-order valence-electron chi connectivity index (χ4n) is 4.09. The summed E-state index contributed by atoms with van der Waals surface area (Å²) in [6.07, 6.45) is 2.54. The third-order valence-electron chi connectivity index (χ3n) is 5.92. The van der Waals surface area contributed by atoms with Gasteiger partial charge >= 0.3 is 12.0 Å². The molecule has 0 fully saturated rings. The van der Waals surface area contributed by atoms with Crippen LogP contribution in [0, 0.1) is 0 Å². The summed E-state index contributed by atoms with van der Waals surface area (Å²) in [5.41, 5.74) is 3.32. The molecule has 0 saturated heterocycles. The van der Waals surface area contributed by atoms with Crippen molar-refractivity contribution in [1.82, 2.24) is 5.32 Å².